The topological polar surface area (TPSA) is 39.9 Å². The lowest BCUT2D eigenvalue weighted by molar-refractivity contribution is 0.0762. The van der Waals surface area contributed by atoms with Crippen molar-refractivity contribution in [1.82, 2.24) is 14.5 Å². The number of fused-ring (bicyclic) bond motifs is 1. The first-order valence-corrected chi connectivity index (χ1v) is 12.6. The molecule has 0 radical (unpaired) electrons. The van der Waals surface area contributed by atoms with Crippen molar-refractivity contribution in [3.8, 4) is 0 Å². The lowest BCUT2D eigenvalue weighted by Gasteiger charge is -2.17. The van der Waals surface area contributed by atoms with Gasteiger partial charge >= 0.3 is 0 Å². The molecule has 0 fully saturated rings. The molecule has 0 N–H and O–H groups in total. The normalized spacial score (nSPS) is 12.2. The van der Waals surface area contributed by atoms with E-state index >= 15 is 0 Å². The van der Waals surface area contributed by atoms with Crippen LogP contribution in [0.25, 0.3) is 11.0 Å². The van der Waals surface area contributed by atoms with Crippen LogP contribution in [0.5, 0.6) is 0 Å². The van der Waals surface area contributed by atoms with Crippen molar-refractivity contribution >= 4 is 56.8 Å². The van der Waals surface area contributed by atoms with Crippen molar-refractivity contribution in [3.05, 3.63) is 20.2 Å². The molecule has 0 bridgehead atoms. The van der Waals surface area contributed by atoms with Gasteiger partial charge in [0.05, 0.1) is 5.39 Å². The van der Waals surface area contributed by atoms with Gasteiger partial charge in [0, 0.05) is 16.4 Å². The summed E-state index contributed by atoms with van der Waals surface area (Å²) in [5, 5.41) is 1.38. The van der Waals surface area contributed by atoms with Crippen LogP contribution in [0.15, 0.2) is 6.20 Å². The molecule has 2 heterocycles. The van der Waals surface area contributed by atoms with Gasteiger partial charge in [-0.2, -0.15) is 4.98 Å². The molecule has 0 atom stereocenters. The molecule has 0 saturated carbocycles. The SMILES string of the molecule is CC(C)(C)CCCCCCCCCCCOCn1cc(I)c2c(Cl)nc(Cl)nc21. The molecule has 0 aromatic carbocycles. The van der Waals surface area contributed by atoms with Gasteiger partial charge in [-0.25, -0.2) is 4.98 Å². The zero-order valence-corrected chi connectivity index (χ0v) is 21.6. The molecule has 0 saturated heterocycles. The van der Waals surface area contributed by atoms with Gasteiger partial charge in [0.1, 0.15) is 17.5 Å². The number of ether oxygens (including phenoxy) is 1. The van der Waals surface area contributed by atoms with E-state index in [1.165, 1.54) is 57.8 Å². The molecule has 0 spiro atoms. The van der Waals surface area contributed by atoms with Gasteiger partial charge in [-0.15, -0.1) is 0 Å². The van der Waals surface area contributed by atoms with Crippen molar-refractivity contribution in [3.63, 3.8) is 0 Å². The first-order valence-electron chi connectivity index (χ1n) is 10.7. The van der Waals surface area contributed by atoms with Gasteiger partial charge in [-0.3, -0.25) is 0 Å². The van der Waals surface area contributed by atoms with Crippen LogP contribution in [0.4, 0.5) is 0 Å². The highest BCUT2D eigenvalue weighted by atomic mass is 127. The number of nitrogens with zero attached hydrogens (tertiary/aromatic N) is 3. The van der Waals surface area contributed by atoms with E-state index in [9.17, 15) is 0 Å². The van der Waals surface area contributed by atoms with E-state index in [1.54, 1.807) is 0 Å². The number of hydrogen-bond acceptors (Lipinski definition) is 3. The maximum absolute atomic E-state index is 6.18. The second kappa shape index (κ2) is 12.7. The molecule has 0 aliphatic rings. The zero-order valence-electron chi connectivity index (χ0n) is 17.9. The molecule has 0 unspecified atom stereocenters. The van der Waals surface area contributed by atoms with Crippen molar-refractivity contribution < 1.29 is 4.74 Å². The number of halogens is 3. The van der Waals surface area contributed by atoms with Crippen LogP contribution in [0.2, 0.25) is 10.4 Å². The van der Waals surface area contributed by atoms with Gasteiger partial charge in [0.2, 0.25) is 5.28 Å². The number of hydrogen-bond donors (Lipinski definition) is 0. The zero-order chi connectivity index (χ0) is 21.3. The lowest BCUT2D eigenvalue weighted by Crippen LogP contribution is -2.04. The van der Waals surface area contributed by atoms with E-state index in [-0.39, 0.29) is 5.28 Å². The summed E-state index contributed by atoms with van der Waals surface area (Å²) in [4.78, 5) is 8.30. The van der Waals surface area contributed by atoms with Crippen LogP contribution in [-0.4, -0.2) is 21.1 Å². The van der Waals surface area contributed by atoms with Crippen molar-refractivity contribution in [1.29, 1.82) is 0 Å². The fourth-order valence-corrected chi connectivity index (χ4v) is 4.90. The summed E-state index contributed by atoms with van der Waals surface area (Å²) >= 11 is 14.4. The fraction of sp³-hybridized carbons (Fsp3) is 0.727. The summed E-state index contributed by atoms with van der Waals surface area (Å²) < 4.78 is 8.78. The highest BCUT2D eigenvalue weighted by Crippen LogP contribution is 2.28. The minimum atomic E-state index is 0.160. The van der Waals surface area contributed by atoms with E-state index < -0.39 is 0 Å². The number of aromatic nitrogens is 3. The lowest BCUT2D eigenvalue weighted by atomic mass is 9.89. The Bertz CT molecular complexity index is 759. The van der Waals surface area contributed by atoms with Crippen LogP contribution < -0.4 is 0 Å². The van der Waals surface area contributed by atoms with E-state index in [1.807, 2.05) is 10.8 Å². The minimum absolute atomic E-state index is 0.160. The summed E-state index contributed by atoms with van der Waals surface area (Å²) in [6.45, 7) is 8.21. The molecule has 164 valence electrons. The monoisotopic (exact) mass is 553 g/mol. The maximum atomic E-state index is 6.18. The molecular weight excluding hydrogens is 520 g/mol. The molecule has 0 aliphatic carbocycles. The Balaban J connectivity index is 1.51. The second-order valence-corrected chi connectivity index (χ2v) is 10.8. The predicted molar refractivity (Wildman–Crippen MR) is 132 cm³/mol. The molecule has 4 nitrogen and oxygen atoms in total. The third kappa shape index (κ3) is 9.28. The Labute approximate surface area is 199 Å². The largest absolute Gasteiger partial charge is 0.361 e. The Morgan fingerprint density at radius 1 is 0.931 bits per heavy atom. The van der Waals surface area contributed by atoms with Gasteiger partial charge < -0.3 is 9.30 Å². The molecule has 0 amide bonds. The van der Waals surface area contributed by atoms with E-state index in [2.05, 4.69) is 53.3 Å². The smallest absolute Gasteiger partial charge is 0.225 e. The van der Waals surface area contributed by atoms with Gasteiger partial charge in [-0.1, -0.05) is 83.7 Å². The van der Waals surface area contributed by atoms with Crippen molar-refractivity contribution in [2.24, 2.45) is 5.41 Å². The van der Waals surface area contributed by atoms with Crippen LogP contribution in [0, 0.1) is 8.99 Å². The predicted octanol–water partition coefficient (Wildman–Crippen LogP) is 8.26. The van der Waals surface area contributed by atoms with Gasteiger partial charge in [0.15, 0.2) is 0 Å². The first kappa shape index (κ1) is 25.2. The third-order valence-electron chi connectivity index (χ3n) is 5.04. The Morgan fingerprint density at radius 2 is 1.52 bits per heavy atom. The highest BCUT2D eigenvalue weighted by Gasteiger charge is 2.14. The third-order valence-corrected chi connectivity index (χ3v) is 6.30. The van der Waals surface area contributed by atoms with Gasteiger partial charge in [-0.05, 0) is 52.4 Å². The van der Waals surface area contributed by atoms with Crippen LogP contribution in [0.1, 0.15) is 85.0 Å². The average molecular weight is 554 g/mol. The Kier molecular flexibility index (Phi) is 11.0. The number of unbranched alkanes of at least 4 members (excludes halogenated alkanes) is 8. The molecule has 0 aliphatic heterocycles. The first-order chi connectivity index (χ1) is 13.8. The highest BCUT2D eigenvalue weighted by molar-refractivity contribution is 14.1. The molecule has 2 aromatic rings. The summed E-state index contributed by atoms with van der Waals surface area (Å²) in [5.74, 6) is 0. The number of rotatable bonds is 13. The maximum Gasteiger partial charge on any atom is 0.225 e. The van der Waals surface area contributed by atoms with E-state index in [0.717, 1.165) is 27.6 Å². The molecule has 7 heteroatoms. The van der Waals surface area contributed by atoms with E-state index in [0.29, 0.717) is 17.3 Å². The molecule has 2 aromatic heterocycles. The minimum Gasteiger partial charge on any atom is -0.361 e. The average Bonchev–Trinajstić information content (AvgIpc) is 2.93. The Hall–Kier alpha value is -0.110. The van der Waals surface area contributed by atoms with Crippen LogP contribution in [-0.2, 0) is 11.5 Å². The summed E-state index contributed by atoms with van der Waals surface area (Å²) in [6.07, 6.45) is 15.2. The Morgan fingerprint density at radius 3 is 2.14 bits per heavy atom. The van der Waals surface area contributed by atoms with E-state index in [4.69, 9.17) is 27.9 Å². The molecular formula is C22H34Cl2IN3O. The van der Waals surface area contributed by atoms with Gasteiger partial charge in [0.25, 0.3) is 0 Å². The summed E-state index contributed by atoms with van der Waals surface area (Å²) in [6, 6.07) is 0. The summed E-state index contributed by atoms with van der Waals surface area (Å²) in [5.41, 5.74) is 1.21. The fourth-order valence-electron chi connectivity index (χ4n) is 3.43. The summed E-state index contributed by atoms with van der Waals surface area (Å²) in [7, 11) is 0. The molecule has 29 heavy (non-hydrogen) atoms. The van der Waals surface area contributed by atoms with Crippen molar-refractivity contribution in [2.75, 3.05) is 6.61 Å². The van der Waals surface area contributed by atoms with Crippen LogP contribution in [0.3, 0.4) is 0 Å². The van der Waals surface area contributed by atoms with Crippen LogP contribution >= 0.6 is 45.8 Å². The standard InChI is InChI=1S/C22H34Cl2IN3O/c1-22(2,3)13-11-9-7-5-4-6-8-10-12-14-29-16-28-15-17(25)18-19(23)26-21(24)27-20(18)28/h15H,4-14,16H2,1-3H3. The quantitative estimate of drug-likeness (QED) is 0.108. The second-order valence-electron chi connectivity index (χ2n) is 8.96. The van der Waals surface area contributed by atoms with Crippen molar-refractivity contribution in [2.45, 2.75) is 91.7 Å². The molecule has 2 rings (SSSR count).